The van der Waals surface area contributed by atoms with Crippen LogP contribution in [0.1, 0.15) is 30.0 Å². The lowest BCUT2D eigenvalue weighted by atomic mass is 9.99. The molecule has 0 saturated carbocycles. The van der Waals surface area contributed by atoms with Gasteiger partial charge in [-0.25, -0.2) is 4.79 Å². The molecule has 126 valence electrons. The number of nitrogens with zero attached hydrogens (tertiary/aromatic N) is 1. The topological polar surface area (TPSA) is 55.8 Å². The van der Waals surface area contributed by atoms with E-state index in [-0.39, 0.29) is 18.0 Å². The number of carbonyl (C=O) groups excluding carboxylic acids is 2. The monoisotopic (exact) mass is 319 g/mol. The van der Waals surface area contributed by atoms with Crippen molar-refractivity contribution in [2.45, 2.75) is 45.8 Å². The number of likely N-dealkylation sites (tertiary alicyclic amines) is 1. The second kappa shape index (κ2) is 7.59. The van der Waals surface area contributed by atoms with Gasteiger partial charge in [0.2, 0.25) is 5.91 Å². The molecule has 1 saturated heterocycles. The minimum atomic E-state index is -0.545. The molecular formula is C18H25NO4. The standard InChI is InChI=1S/C18H25NO4/c1-5-23-18(21)16-9-14(22-4)11-19(16)17(20)10-15-12(2)7-6-8-13(15)3/h6-8,14,16H,5,9-11H2,1-4H3. The molecule has 1 aliphatic rings. The van der Waals surface area contributed by atoms with E-state index in [0.717, 1.165) is 16.7 Å². The van der Waals surface area contributed by atoms with Gasteiger partial charge in [-0.05, 0) is 37.5 Å². The molecule has 1 aliphatic heterocycles. The van der Waals surface area contributed by atoms with Gasteiger partial charge in [0, 0.05) is 20.1 Å². The Kier molecular flexibility index (Phi) is 5.77. The van der Waals surface area contributed by atoms with Crippen molar-refractivity contribution in [2.24, 2.45) is 0 Å². The minimum Gasteiger partial charge on any atom is -0.464 e. The van der Waals surface area contributed by atoms with Gasteiger partial charge in [0.05, 0.1) is 19.1 Å². The summed E-state index contributed by atoms with van der Waals surface area (Å²) in [5, 5.41) is 0. The van der Waals surface area contributed by atoms with Crippen LogP contribution in [0, 0.1) is 13.8 Å². The molecular weight excluding hydrogens is 294 g/mol. The fraction of sp³-hybridized carbons (Fsp3) is 0.556. The fourth-order valence-corrected chi connectivity index (χ4v) is 3.09. The van der Waals surface area contributed by atoms with Crippen LogP contribution in [0.25, 0.3) is 0 Å². The third-order valence-corrected chi connectivity index (χ3v) is 4.45. The van der Waals surface area contributed by atoms with Crippen LogP contribution in [0.5, 0.6) is 0 Å². The van der Waals surface area contributed by atoms with E-state index in [2.05, 4.69) is 0 Å². The van der Waals surface area contributed by atoms with E-state index in [9.17, 15) is 9.59 Å². The lowest BCUT2D eigenvalue weighted by molar-refractivity contribution is -0.152. The van der Waals surface area contributed by atoms with Crippen molar-refractivity contribution < 1.29 is 19.1 Å². The van der Waals surface area contributed by atoms with E-state index in [4.69, 9.17) is 9.47 Å². The van der Waals surface area contributed by atoms with Crippen molar-refractivity contribution in [2.75, 3.05) is 20.3 Å². The molecule has 0 bridgehead atoms. The second-order valence-electron chi connectivity index (χ2n) is 5.95. The van der Waals surface area contributed by atoms with Gasteiger partial charge in [0.1, 0.15) is 6.04 Å². The second-order valence-corrected chi connectivity index (χ2v) is 5.95. The van der Waals surface area contributed by atoms with E-state index in [1.54, 1.807) is 18.9 Å². The molecule has 1 amide bonds. The van der Waals surface area contributed by atoms with Crippen molar-refractivity contribution in [1.82, 2.24) is 4.90 Å². The zero-order chi connectivity index (χ0) is 17.0. The Morgan fingerprint density at radius 3 is 2.48 bits per heavy atom. The highest BCUT2D eigenvalue weighted by Crippen LogP contribution is 2.23. The Hall–Kier alpha value is -1.88. The van der Waals surface area contributed by atoms with Crippen LogP contribution in [-0.2, 0) is 25.5 Å². The highest BCUT2D eigenvalue weighted by molar-refractivity contribution is 5.87. The summed E-state index contributed by atoms with van der Waals surface area (Å²) >= 11 is 0. The van der Waals surface area contributed by atoms with E-state index < -0.39 is 6.04 Å². The first-order valence-electron chi connectivity index (χ1n) is 8.01. The van der Waals surface area contributed by atoms with Gasteiger partial charge in [-0.3, -0.25) is 4.79 Å². The molecule has 0 radical (unpaired) electrons. The predicted molar refractivity (Wildman–Crippen MR) is 87.2 cm³/mol. The largest absolute Gasteiger partial charge is 0.464 e. The van der Waals surface area contributed by atoms with Gasteiger partial charge in [-0.1, -0.05) is 18.2 Å². The number of hydrogen-bond acceptors (Lipinski definition) is 4. The average molecular weight is 319 g/mol. The Bertz CT molecular complexity index is 564. The molecule has 2 unspecified atom stereocenters. The zero-order valence-corrected chi connectivity index (χ0v) is 14.3. The molecule has 0 spiro atoms. The summed E-state index contributed by atoms with van der Waals surface area (Å²) in [6.45, 7) is 6.51. The van der Waals surface area contributed by atoms with E-state index >= 15 is 0 Å². The SMILES string of the molecule is CCOC(=O)C1CC(OC)CN1C(=O)Cc1c(C)cccc1C. The first kappa shape index (κ1) is 17.5. The van der Waals surface area contributed by atoms with Crippen molar-refractivity contribution in [3.8, 4) is 0 Å². The molecule has 2 atom stereocenters. The van der Waals surface area contributed by atoms with Crippen molar-refractivity contribution >= 4 is 11.9 Å². The number of benzene rings is 1. The summed E-state index contributed by atoms with van der Waals surface area (Å²) in [4.78, 5) is 26.5. The highest BCUT2D eigenvalue weighted by Gasteiger charge is 2.40. The van der Waals surface area contributed by atoms with Gasteiger partial charge in [0.25, 0.3) is 0 Å². The molecule has 0 N–H and O–H groups in total. The Morgan fingerprint density at radius 1 is 1.26 bits per heavy atom. The Labute approximate surface area is 137 Å². The number of methoxy groups -OCH3 is 1. The number of esters is 1. The molecule has 1 heterocycles. The molecule has 1 fully saturated rings. The maximum absolute atomic E-state index is 12.8. The number of ether oxygens (including phenoxy) is 2. The number of carbonyl (C=O) groups is 2. The van der Waals surface area contributed by atoms with Crippen LogP contribution < -0.4 is 0 Å². The maximum atomic E-state index is 12.8. The Morgan fingerprint density at radius 2 is 1.91 bits per heavy atom. The Balaban J connectivity index is 2.17. The van der Waals surface area contributed by atoms with Gasteiger partial charge in [0.15, 0.2) is 0 Å². The normalized spacial score (nSPS) is 20.6. The molecule has 2 rings (SSSR count). The predicted octanol–water partition coefficient (Wildman–Crippen LogP) is 2.02. The number of rotatable bonds is 5. The maximum Gasteiger partial charge on any atom is 0.328 e. The van der Waals surface area contributed by atoms with Crippen LogP contribution in [0.4, 0.5) is 0 Å². The number of amides is 1. The van der Waals surface area contributed by atoms with Gasteiger partial charge in [-0.15, -0.1) is 0 Å². The summed E-state index contributed by atoms with van der Waals surface area (Å²) in [7, 11) is 1.60. The van der Waals surface area contributed by atoms with Crippen LogP contribution in [0.2, 0.25) is 0 Å². The highest BCUT2D eigenvalue weighted by atomic mass is 16.5. The van der Waals surface area contributed by atoms with E-state index in [1.165, 1.54) is 0 Å². The van der Waals surface area contributed by atoms with Gasteiger partial charge < -0.3 is 14.4 Å². The summed E-state index contributed by atoms with van der Waals surface area (Å²) in [5.41, 5.74) is 3.21. The molecule has 23 heavy (non-hydrogen) atoms. The lowest BCUT2D eigenvalue weighted by Gasteiger charge is -2.23. The lowest BCUT2D eigenvalue weighted by Crippen LogP contribution is -2.42. The summed E-state index contributed by atoms with van der Waals surface area (Å²) in [6.07, 6.45) is 0.671. The summed E-state index contributed by atoms with van der Waals surface area (Å²) in [6, 6.07) is 5.44. The average Bonchev–Trinajstić information content (AvgIpc) is 2.96. The van der Waals surface area contributed by atoms with E-state index in [1.807, 2.05) is 32.0 Å². The first-order valence-corrected chi connectivity index (χ1v) is 8.01. The molecule has 0 aromatic heterocycles. The molecule has 1 aromatic carbocycles. The molecule has 1 aromatic rings. The molecule has 5 heteroatoms. The van der Waals surface area contributed by atoms with Crippen molar-refractivity contribution in [3.05, 3.63) is 34.9 Å². The van der Waals surface area contributed by atoms with Gasteiger partial charge in [-0.2, -0.15) is 0 Å². The van der Waals surface area contributed by atoms with Crippen molar-refractivity contribution in [3.63, 3.8) is 0 Å². The number of hydrogen-bond donors (Lipinski definition) is 0. The summed E-state index contributed by atoms with van der Waals surface area (Å²) in [5.74, 6) is -0.401. The third-order valence-electron chi connectivity index (χ3n) is 4.45. The minimum absolute atomic E-state index is 0.0556. The third kappa shape index (κ3) is 3.91. The van der Waals surface area contributed by atoms with E-state index in [0.29, 0.717) is 26.0 Å². The smallest absolute Gasteiger partial charge is 0.328 e. The van der Waals surface area contributed by atoms with Gasteiger partial charge >= 0.3 is 5.97 Å². The van der Waals surface area contributed by atoms with Crippen molar-refractivity contribution in [1.29, 1.82) is 0 Å². The van der Waals surface area contributed by atoms with Crippen LogP contribution >= 0.6 is 0 Å². The fourth-order valence-electron chi connectivity index (χ4n) is 3.09. The molecule has 0 aliphatic carbocycles. The molecule has 5 nitrogen and oxygen atoms in total. The number of aryl methyl sites for hydroxylation is 2. The quantitative estimate of drug-likeness (QED) is 0.779. The van der Waals surface area contributed by atoms with Crippen LogP contribution in [-0.4, -0.2) is 49.2 Å². The zero-order valence-electron chi connectivity index (χ0n) is 14.3. The first-order chi connectivity index (χ1) is 11.0. The summed E-state index contributed by atoms with van der Waals surface area (Å²) < 4.78 is 10.5. The van der Waals surface area contributed by atoms with Crippen LogP contribution in [0.3, 0.4) is 0 Å². The van der Waals surface area contributed by atoms with Crippen LogP contribution in [0.15, 0.2) is 18.2 Å².